The zero-order chi connectivity index (χ0) is 8.81. The average molecular weight is 162 g/mol. The van der Waals surface area contributed by atoms with Crippen molar-refractivity contribution in [1.82, 2.24) is 4.98 Å². The largest absolute Gasteiger partial charge is 0.481 e. The lowest BCUT2D eigenvalue weighted by Gasteiger charge is -2.03. The van der Waals surface area contributed by atoms with Crippen molar-refractivity contribution in [3.05, 3.63) is 23.9 Å². The van der Waals surface area contributed by atoms with Gasteiger partial charge in [-0.15, -0.1) is 0 Å². The molecule has 0 saturated heterocycles. The predicted octanol–water partition coefficient (Wildman–Crippen LogP) is 1.55. The fourth-order valence-electron chi connectivity index (χ4n) is 0.989. The quantitative estimate of drug-likeness (QED) is 0.677. The molecule has 0 atom stereocenters. The summed E-state index contributed by atoms with van der Waals surface area (Å²) < 4.78 is 5.02. The monoisotopic (exact) mass is 162 g/mol. The van der Waals surface area contributed by atoms with Crippen LogP contribution in [0.4, 0.5) is 0 Å². The number of rotatable bonds is 3. The Balaban J connectivity index is 2.76. The molecule has 0 fully saturated rings. The van der Waals surface area contributed by atoms with Crippen LogP contribution in [0.15, 0.2) is 18.3 Å². The summed E-state index contributed by atoms with van der Waals surface area (Å²) in [5.41, 5.74) is 0.988. The number of aryl methyl sites for hydroxylation is 1. The highest BCUT2D eigenvalue weighted by atomic mass is 16.5. The zero-order valence-electron chi connectivity index (χ0n) is 6.95. The fraction of sp³-hybridized carbons (Fsp3) is 0.333. The van der Waals surface area contributed by atoms with Crippen molar-refractivity contribution in [2.75, 3.05) is 7.11 Å². The van der Waals surface area contributed by atoms with Crippen molar-refractivity contribution >= 4 is 0 Å². The van der Waals surface area contributed by atoms with E-state index in [1.54, 1.807) is 13.3 Å². The lowest BCUT2D eigenvalue weighted by atomic mass is 10.1. The van der Waals surface area contributed by atoms with Crippen LogP contribution >= 0.6 is 0 Å². The van der Waals surface area contributed by atoms with Gasteiger partial charge in [0.15, 0.2) is 0 Å². The van der Waals surface area contributed by atoms with Crippen LogP contribution in [0.25, 0.3) is 0 Å². The molecule has 0 aliphatic carbocycles. The van der Waals surface area contributed by atoms with Gasteiger partial charge in [-0.05, 0) is 12.5 Å². The Hall–Kier alpha value is -1.56. The van der Waals surface area contributed by atoms with Gasteiger partial charge < -0.3 is 4.74 Å². The molecule has 1 aromatic rings. The molecule has 62 valence electrons. The van der Waals surface area contributed by atoms with Crippen LogP contribution in [0, 0.1) is 11.3 Å². The van der Waals surface area contributed by atoms with Gasteiger partial charge in [-0.1, -0.05) is 6.07 Å². The molecule has 0 aliphatic heterocycles. The summed E-state index contributed by atoms with van der Waals surface area (Å²) in [5, 5.41) is 8.38. The van der Waals surface area contributed by atoms with E-state index >= 15 is 0 Å². The van der Waals surface area contributed by atoms with Gasteiger partial charge in [0.05, 0.1) is 13.2 Å². The van der Waals surface area contributed by atoms with E-state index in [0.717, 1.165) is 5.56 Å². The van der Waals surface area contributed by atoms with Crippen LogP contribution in [-0.2, 0) is 6.42 Å². The third kappa shape index (κ3) is 1.96. The summed E-state index contributed by atoms with van der Waals surface area (Å²) in [6, 6.07) is 5.85. The zero-order valence-corrected chi connectivity index (χ0v) is 6.95. The van der Waals surface area contributed by atoms with Gasteiger partial charge >= 0.3 is 0 Å². The lowest BCUT2D eigenvalue weighted by Crippen LogP contribution is -1.93. The van der Waals surface area contributed by atoms with Crippen LogP contribution in [0.5, 0.6) is 5.88 Å². The molecule has 3 nitrogen and oxygen atoms in total. The Morgan fingerprint density at radius 3 is 3.17 bits per heavy atom. The molecule has 0 saturated carbocycles. The maximum absolute atomic E-state index is 8.38. The summed E-state index contributed by atoms with van der Waals surface area (Å²) in [6.07, 6.45) is 2.88. The van der Waals surface area contributed by atoms with Crippen LogP contribution in [0.2, 0.25) is 0 Å². The molecule has 0 amide bonds. The maximum atomic E-state index is 8.38. The van der Waals surface area contributed by atoms with E-state index in [0.29, 0.717) is 18.7 Å². The van der Waals surface area contributed by atoms with Crippen molar-refractivity contribution in [1.29, 1.82) is 5.26 Å². The van der Waals surface area contributed by atoms with Crippen molar-refractivity contribution in [2.24, 2.45) is 0 Å². The average Bonchev–Trinajstić information content (AvgIpc) is 2.15. The van der Waals surface area contributed by atoms with Gasteiger partial charge in [0.1, 0.15) is 0 Å². The van der Waals surface area contributed by atoms with Gasteiger partial charge in [0.25, 0.3) is 0 Å². The third-order valence-electron chi connectivity index (χ3n) is 1.55. The van der Waals surface area contributed by atoms with E-state index in [9.17, 15) is 0 Å². The first-order chi connectivity index (χ1) is 5.88. The summed E-state index contributed by atoms with van der Waals surface area (Å²) >= 11 is 0. The minimum atomic E-state index is 0.502. The summed E-state index contributed by atoms with van der Waals surface area (Å²) in [5.74, 6) is 0.618. The molecule has 0 aliphatic rings. The van der Waals surface area contributed by atoms with Crippen LogP contribution in [0.1, 0.15) is 12.0 Å². The Kier molecular flexibility index (Phi) is 3.09. The molecule has 0 bridgehead atoms. The number of pyridine rings is 1. The minimum Gasteiger partial charge on any atom is -0.481 e. The van der Waals surface area contributed by atoms with Crippen molar-refractivity contribution in [3.63, 3.8) is 0 Å². The van der Waals surface area contributed by atoms with Gasteiger partial charge in [-0.2, -0.15) is 5.26 Å². The number of ether oxygens (including phenoxy) is 1. The highest BCUT2D eigenvalue weighted by Crippen LogP contribution is 2.14. The predicted molar refractivity (Wildman–Crippen MR) is 44.7 cm³/mol. The second-order valence-corrected chi connectivity index (χ2v) is 2.33. The van der Waals surface area contributed by atoms with Crippen molar-refractivity contribution < 1.29 is 4.74 Å². The molecule has 0 aromatic carbocycles. The van der Waals surface area contributed by atoms with E-state index < -0.39 is 0 Å². The van der Waals surface area contributed by atoms with Gasteiger partial charge in [0, 0.05) is 18.2 Å². The third-order valence-corrected chi connectivity index (χ3v) is 1.55. The Bertz CT molecular complexity index is 291. The number of hydrogen-bond donors (Lipinski definition) is 0. The minimum absolute atomic E-state index is 0.502. The summed E-state index contributed by atoms with van der Waals surface area (Å²) in [7, 11) is 1.58. The standard InChI is InChI=1S/C9H10N2O/c1-12-9-8(4-2-6-10)5-3-7-11-9/h3,5,7H,2,4H2,1H3. The number of hydrogen-bond acceptors (Lipinski definition) is 3. The van der Waals surface area contributed by atoms with Crippen molar-refractivity contribution in [2.45, 2.75) is 12.8 Å². The van der Waals surface area contributed by atoms with E-state index in [1.807, 2.05) is 12.1 Å². The summed E-state index contributed by atoms with van der Waals surface area (Å²) in [4.78, 5) is 4.02. The molecule has 3 heteroatoms. The number of methoxy groups -OCH3 is 1. The second-order valence-electron chi connectivity index (χ2n) is 2.33. The Labute approximate surface area is 71.6 Å². The molecule has 0 spiro atoms. The molecular weight excluding hydrogens is 152 g/mol. The first-order valence-electron chi connectivity index (χ1n) is 3.73. The fourth-order valence-corrected chi connectivity index (χ4v) is 0.989. The van der Waals surface area contributed by atoms with Gasteiger partial charge in [-0.25, -0.2) is 4.98 Å². The molecule has 0 radical (unpaired) electrons. The molecule has 1 rings (SSSR count). The second kappa shape index (κ2) is 4.35. The topological polar surface area (TPSA) is 45.9 Å². The van der Waals surface area contributed by atoms with Gasteiger partial charge in [-0.3, -0.25) is 0 Å². The van der Waals surface area contributed by atoms with Crippen LogP contribution < -0.4 is 4.74 Å². The van der Waals surface area contributed by atoms with E-state index in [2.05, 4.69) is 11.1 Å². The van der Waals surface area contributed by atoms with Crippen LogP contribution in [-0.4, -0.2) is 12.1 Å². The Morgan fingerprint density at radius 2 is 2.50 bits per heavy atom. The highest BCUT2D eigenvalue weighted by Gasteiger charge is 2.01. The molecule has 0 unspecified atom stereocenters. The maximum Gasteiger partial charge on any atom is 0.216 e. The SMILES string of the molecule is COc1ncccc1CCC#N. The summed E-state index contributed by atoms with van der Waals surface area (Å²) in [6.45, 7) is 0. The van der Waals surface area contributed by atoms with Gasteiger partial charge in [0.2, 0.25) is 5.88 Å². The number of nitriles is 1. The number of aromatic nitrogens is 1. The first-order valence-corrected chi connectivity index (χ1v) is 3.73. The Morgan fingerprint density at radius 1 is 1.67 bits per heavy atom. The van der Waals surface area contributed by atoms with E-state index in [1.165, 1.54) is 0 Å². The number of nitrogens with zero attached hydrogens (tertiary/aromatic N) is 2. The molecular formula is C9H10N2O. The van der Waals surface area contributed by atoms with E-state index in [-0.39, 0.29) is 0 Å². The smallest absolute Gasteiger partial charge is 0.216 e. The lowest BCUT2D eigenvalue weighted by molar-refractivity contribution is 0.392. The first kappa shape index (κ1) is 8.54. The molecule has 12 heavy (non-hydrogen) atoms. The van der Waals surface area contributed by atoms with Crippen molar-refractivity contribution in [3.8, 4) is 11.9 Å². The molecule has 1 aromatic heterocycles. The van der Waals surface area contributed by atoms with E-state index in [4.69, 9.17) is 10.00 Å². The molecule has 1 heterocycles. The van der Waals surface area contributed by atoms with Crippen LogP contribution in [0.3, 0.4) is 0 Å². The normalized spacial score (nSPS) is 9.00. The highest BCUT2D eigenvalue weighted by molar-refractivity contribution is 5.25. The molecule has 0 N–H and O–H groups in total.